The van der Waals surface area contributed by atoms with Crippen molar-refractivity contribution in [2.45, 2.75) is 41.5 Å². The van der Waals surface area contributed by atoms with Crippen LogP contribution in [0.3, 0.4) is 0 Å². The van der Waals surface area contributed by atoms with Gasteiger partial charge in [-0.1, -0.05) is 41.5 Å². The van der Waals surface area contributed by atoms with Gasteiger partial charge in [0.2, 0.25) is 0 Å². The minimum absolute atomic E-state index is 0.0630. The van der Waals surface area contributed by atoms with Gasteiger partial charge >= 0.3 is 0 Å². The molecule has 1 aromatic rings. The van der Waals surface area contributed by atoms with Gasteiger partial charge in [-0.15, -0.1) is 0 Å². The summed E-state index contributed by atoms with van der Waals surface area (Å²) in [5.74, 6) is 0.126. The van der Waals surface area contributed by atoms with E-state index in [4.69, 9.17) is 0 Å². The Bertz CT molecular complexity index is 418. The van der Waals surface area contributed by atoms with Crippen molar-refractivity contribution in [2.24, 2.45) is 10.8 Å². The van der Waals surface area contributed by atoms with Gasteiger partial charge in [-0.05, 0) is 16.9 Å². The van der Waals surface area contributed by atoms with Gasteiger partial charge in [0.25, 0.3) is 0 Å². The third-order valence-corrected chi connectivity index (χ3v) is 2.73. The molecule has 20 heavy (non-hydrogen) atoms. The number of phenolic OH excluding ortho intramolecular Hbond substituents is 2. The lowest BCUT2D eigenvalue weighted by Gasteiger charge is -2.22. The van der Waals surface area contributed by atoms with Crippen LogP contribution in [-0.4, -0.2) is 23.3 Å². The fraction of sp³-hybridized carbons (Fsp3) is 0.625. The molecule has 1 rings (SSSR count). The Balaban J connectivity index is 2.86. The van der Waals surface area contributed by atoms with Crippen molar-refractivity contribution in [1.29, 1.82) is 0 Å². The Hall–Kier alpha value is -1.58. The van der Waals surface area contributed by atoms with Crippen LogP contribution in [0.15, 0.2) is 12.1 Å². The summed E-state index contributed by atoms with van der Waals surface area (Å²) in [5.41, 5.74) is 1.50. The maximum absolute atomic E-state index is 9.89. The van der Waals surface area contributed by atoms with Crippen LogP contribution in [0, 0.1) is 10.8 Å². The molecular weight excluding hydrogens is 252 g/mol. The highest BCUT2D eigenvalue weighted by molar-refractivity contribution is 5.70. The highest BCUT2D eigenvalue weighted by Gasteiger charge is 2.15. The van der Waals surface area contributed by atoms with Crippen molar-refractivity contribution in [3.05, 3.63) is 12.1 Å². The quantitative estimate of drug-likeness (QED) is 0.497. The number of hydrogen-bond donors (Lipinski definition) is 4. The second kappa shape index (κ2) is 5.81. The standard InChI is InChI=1S/C16H28N2O2/c1-15(2,3)9-17-11-7-12(14(20)8-13(11)19)18-10-16(4,5)6/h7-8,17-20H,9-10H2,1-6H3. The van der Waals surface area contributed by atoms with Crippen molar-refractivity contribution in [3.8, 4) is 11.5 Å². The number of nitrogens with one attached hydrogen (secondary N) is 2. The molecule has 0 atom stereocenters. The van der Waals surface area contributed by atoms with Crippen LogP contribution in [-0.2, 0) is 0 Å². The predicted octanol–water partition coefficient (Wildman–Crippen LogP) is 4.01. The predicted molar refractivity (Wildman–Crippen MR) is 85.7 cm³/mol. The number of aromatic hydroxyl groups is 2. The van der Waals surface area contributed by atoms with Crippen LogP contribution >= 0.6 is 0 Å². The first-order valence-corrected chi connectivity index (χ1v) is 7.02. The summed E-state index contributed by atoms with van der Waals surface area (Å²) in [6, 6.07) is 3.12. The van der Waals surface area contributed by atoms with Gasteiger partial charge in [-0.3, -0.25) is 0 Å². The molecule has 4 N–H and O–H groups in total. The topological polar surface area (TPSA) is 64.5 Å². The van der Waals surface area contributed by atoms with E-state index in [-0.39, 0.29) is 22.3 Å². The molecule has 0 fully saturated rings. The highest BCUT2D eigenvalue weighted by Crippen LogP contribution is 2.36. The van der Waals surface area contributed by atoms with E-state index in [1.54, 1.807) is 6.07 Å². The zero-order valence-corrected chi connectivity index (χ0v) is 13.5. The lowest BCUT2D eigenvalue weighted by Crippen LogP contribution is -2.20. The fourth-order valence-corrected chi connectivity index (χ4v) is 1.58. The van der Waals surface area contributed by atoms with Gasteiger partial charge in [-0.2, -0.15) is 0 Å². The van der Waals surface area contributed by atoms with Crippen LogP contribution in [0.2, 0.25) is 0 Å². The molecule has 1 aromatic carbocycles. The zero-order chi connectivity index (χ0) is 15.6. The van der Waals surface area contributed by atoms with Gasteiger partial charge in [-0.25, -0.2) is 0 Å². The summed E-state index contributed by atoms with van der Waals surface area (Å²) in [5, 5.41) is 26.2. The largest absolute Gasteiger partial charge is 0.506 e. The summed E-state index contributed by atoms with van der Waals surface area (Å²) >= 11 is 0. The van der Waals surface area contributed by atoms with Gasteiger partial charge in [0, 0.05) is 19.2 Å². The van der Waals surface area contributed by atoms with E-state index in [2.05, 4.69) is 52.2 Å². The highest BCUT2D eigenvalue weighted by atomic mass is 16.3. The second-order valence-corrected chi connectivity index (χ2v) is 7.71. The molecule has 0 aliphatic carbocycles. The van der Waals surface area contributed by atoms with Crippen LogP contribution < -0.4 is 10.6 Å². The molecule has 114 valence electrons. The molecule has 0 saturated heterocycles. The minimum atomic E-state index is 0.0630. The Morgan fingerprint density at radius 3 is 1.40 bits per heavy atom. The minimum Gasteiger partial charge on any atom is -0.506 e. The third-order valence-electron chi connectivity index (χ3n) is 2.73. The first-order valence-electron chi connectivity index (χ1n) is 7.02. The molecular formula is C16H28N2O2. The number of anilines is 2. The molecule has 0 radical (unpaired) electrons. The summed E-state index contributed by atoms with van der Waals surface area (Å²) in [7, 11) is 0. The summed E-state index contributed by atoms with van der Waals surface area (Å²) < 4.78 is 0. The number of hydrogen-bond acceptors (Lipinski definition) is 4. The van der Waals surface area contributed by atoms with Crippen LogP contribution in [0.5, 0.6) is 11.5 Å². The van der Waals surface area contributed by atoms with Crippen molar-refractivity contribution in [2.75, 3.05) is 23.7 Å². The average Bonchev–Trinajstić information content (AvgIpc) is 2.24. The molecule has 4 heteroatoms. The SMILES string of the molecule is CC(C)(C)CNc1cc(NCC(C)(C)C)c(O)cc1O. The van der Waals surface area contributed by atoms with Crippen molar-refractivity contribution in [1.82, 2.24) is 0 Å². The van der Waals surface area contributed by atoms with Gasteiger partial charge in [0.05, 0.1) is 11.4 Å². The zero-order valence-electron chi connectivity index (χ0n) is 13.5. The van der Waals surface area contributed by atoms with Crippen molar-refractivity contribution < 1.29 is 10.2 Å². The molecule has 0 amide bonds. The second-order valence-electron chi connectivity index (χ2n) is 7.71. The average molecular weight is 280 g/mol. The maximum Gasteiger partial charge on any atom is 0.142 e. The summed E-state index contributed by atoms with van der Waals surface area (Å²) in [4.78, 5) is 0. The number of benzene rings is 1. The summed E-state index contributed by atoms with van der Waals surface area (Å²) in [6.07, 6.45) is 0. The Morgan fingerprint density at radius 2 is 1.10 bits per heavy atom. The Morgan fingerprint density at radius 1 is 0.750 bits per heavy atom. The van der Waals surface area contributed by atoms with Crippen LogP contribution in [0.25, 0.3) is 0 Å². The maximum atomic E-state index is 9.89. The first-order chi connectivity index (χ1) is 8.98. The van der Waals surface area contributed by atoms with E-state index in [1.165, 1.54) is 6.07 Å². The van der Waals surface area contributed by atoms with Gasteiger partial charge in [0.15, 0.2) is 0 Å². The van der Waals surface area contributed by atoms with Gasteiger partial charge in [0.1, 0.15) is 11.5 Å². The Labute approximate surface area is 122 Å². The number of phenols is 2. The summed E-state index contributed by atoms with van der Waals surface area (Å²) in [6.45, 7) is 14.2. The lowest BCUT2D eigenvalue weighted by atomic mass is 9.96. The fourth-order valence-electron chi connectivity index (χ4n) is 1.58. The molecule has 0 saturated carbocycles. The monoisotopic (exact) mass is 280 g/mol. The molecule has 0 bridgehead atoms. The first kappa shape index (κ1) is 16.5. The van der Waals surface area contributed by atoms with E-state index in [0.29, 0.717) is 11.4 Å². The van der Waals surface area contributed by atoms with Crippen molar-refractivity contribution >= 4 is 11.4 Å². The Kier molecular flexibility index (Phi) is 4.79. The van der Waals surface area contributed by atoms with E-state index >= 15 is 0 Å². The van der Waals surface area contributed by atoms with E-state index in [9.17, 15) is 10.2 Å². The molecule has 0 heterocycles. The van der Waals surface area contributed by atoms with Crippen molar-refractivity contribution in [3.63, 3.8) is 0 Å². The van der Waals surface area contributed by atoms with E-state index in [0.717, 1.165) is 13.1 Å². The normalized spacial score (nSPS) is 12.3. The van der Waals surface area contributed by atoms with E-state index < -0.39 is 0 Å². The molecule has 0 aliphatic heterocycles. The molecule has 0 aromatic heterocycles. The lowest BCUT2D eigenvalue weighted by molar-refractivity contribution is 0.433. The molecule has 0 spiro atoms. The molecule has 0 unspecified atom stereocenters. The number of rotatable bonds is 4. The van der Waals surface area contributed by atoms with E-state index in [1.807, 2.05) is 0 Å². The third kappa shape index (κ3) is 5.59. The smallest absolute Gasteiger partial charge is 0.142 e. The van der Waals surface area contributed by atoms with Crippen LogP contribution in [0.1, 0.15) is 41.5 Å². The van der Waals surface area contributed by atoms with Crippen LogP contribution in [0.4, 0.5) is 11.4 Å². The molecule has 0 aliphatic rings. The van der Waals surface area contributed by atoms with Gasteiger partial charge < -0.3 is 20.8 Å². The molecule has 4 nitrogen and oxygen atoms in total.